The molecule has 2 aromatic rings. The SMILES string of the molecule is COc1ccc(N2CCCC2=O)cc1S(=O)(=O)Nc1nc(CCl)cs1. The van der Waals surface area contributed by atoms with E-state index in [1.54, 1.807) is 22.4 Å². The van der Waals surface area contributed by atoms with Gasteiger partial charge in [0.15, 0.2) is 5.13 Å². The van der Waals surface area contributed by atoms with Gasteiger partial charge in [0.2, 0.25) is 5.91 Å². The molecule has 134 valence electrons. The molecule has 1 saturated heterocycles. The number of amides is 1. The first-order valence-corrected chi connectivity index (χ1v) is 10.4. The first-order valence-electron chi connectivity index (χ1n) is 7.46. The van der Waals surface area contributed by atoms with Gasteiger partial charge in [-0.1, -0.05) is 0 Å². The molecule has 1 amide bonds. The molecule has 0 atom stereocenters. The zero-order chi connectivity index (χ0) is 18.0. The highest BCUT2D eigenvalue weighted by atomic mass is 35.5. The number of anilines is 2. The van der Waals surface area contributed by atoms with E-state index >= 15 is 0 Å². The van der Waals surface area contributed by atoms with Crippen LogP contribution in [0.5, 0.6) is 5.75 Å². The largest absolute Gasteiger partial charge is 0.495 e. The van der Waals surface area contributed by atoms with Gasteiger partial charge in [-0.25, -0.2) is 13.4 Å². The van der Waals surface area contributed by atoms with Crippen molar-refractivity contribution in [3.63, 3.8) is 0 Å². The number of aromatic nitrogens is 1. The molecule has 0 aliphatic carbocycles. The van der Waals surface area contributed by atoms with Gasteiger partial charge >= 0.3 is 0 Å². The van der Waals surface area contributed by atoms with Crippen molar-refractivity contribution in [3.05, 3.63) is 29.3 Å². The Morgan fingerprint density at radius 1 is 1.44 bits per heavy atom. The van der Waals surface area contributed by atoms with Gasteiger partial charge in [-0.2, -0.15) is 0 Å². The second-order valence-electron chi connectivity index (χ2n) is 5.37. The van der Waals surface area contributed by atoms with Gasteiger partial charge in [-0.05, 0) is 24.6 Å². The fraction of sp³-hybridized carbons (Fsp3) is 0.333. The number of halogens is 1. The minimum absolute atomic E-state index is 0.0202. The second-order valence-corrected chi connectivity index (χ2v) is 8.14. The summed E-state index contributed by atoms with van der Waals surface area (Å²) in [7, 11) is -2.54. The summed E-state index contributed by atoms with van der Waals surface area (Å²) in [5.74, 6) is 0.374. The van der Waals surface area contributed by atoms with Crippen LogP contribution in [0.25, 0.3) is 0 Å². The Hall–Kier alpha value is -1.84. The molecule has 10 heteroatoms. The van der Waals surface area contributed by atoms with Crippen molar-refractivity contribution in [2.75, 3.05) is 23.3 Å². The monoisotopic (exact) mass is 401 g/mol. The normalized spacial score (nSPS) is 14.8. The Labute approximate surface area is 154 Å². The molecule has 0 radical (unpaired) electrons. The molecule has 1 aromatic carbocycles. The van der Waals surface area contributed by atoms with Crippen LogP contribution in [0.2, 0.25) is 0 Å². The number of nitrogens with one attached hydrogen (secondary N) is 1. The number of methoxy groups -OCH3 is 1. The smallest absolute Gasteiger partial charge is 0.267 e. The van der Waals surface area contributed by atoms with E-state index in [-0.39, 0.29) is 27.6 Å². The number of hydrogen-bond donors (Lipinski definition) is 1. The van der Waals surface area contributed by atoms with E-state index in [0.717, 1.165) is 17.8 Å². The second kappa shape index (κ2) is 7.19. The number of sulfonamides is 1. The van der Waals surface area contributed by atoms with Crippen LogP contribution in [-0.2, 0) is 20.7 Å². The van der Waals surface area contributed by atoms with Crippen LogP contribution < -0.4 is 14.4 Å². The van der Waals surface area contributed by atoms with Crippen LogP contribution in [0.3, 0.4) is 0 Å². The number of hydrogen-bond acceptors (Lipinski definition) is 6. The zero-order valence-electron chi connectivity index (χ0n) is 13.4. The summed E-state index contributed by atoms with van der Waals surface area (Å²) in [6.45, 7) is 0.573. The minimum atomic E-state index is -3.93. The number of alkyl halides is 1. The van der Waals surface area contributed by atoms with Crippen molar-refractivity contribution in [2.24, 2.45) is 0 Å². The fourth-order valence-corrected chi connectivity index (χ4v) is 4.93. The molecule has 1 aliphatic heterocycles. The molecular weight excluding hydrogens is 386 g/mol. The number of carbonyl (C=O) groups excluding carboxylic acids is 1. The van der Waals surface area contributed by atoms with E-state index in [9.17, 15) is 13.2 Å². The first-order chi connectivity index (χ1) is 11.9. The van der Waals surface area contributed by atoms with Gasteiger partial charge in [0, 0.05) is 24.0 Å². The van der Waals surface area contributed by atoms with Crippen molar-refractivity contribution in [2.45, 2.75) is 23.6 Å². The number of carbonyl (C=O) groups is 1. The molecule has 0 bridgehead atoms. The van der Waals surface area contributed by atoms with Gasteiger partial charge < -0.3 is 9.64 Å². The quantitative estimate of drug-likeness (QED) is 0.752. The van der Waals surface area contributed by atoms with E-state index in [4.69, 9.17) is 16.3 Å². The molecule has 0 spiro atoms. The molecule has 3 rings (SSSR count). The Morgan fingerprint density at radius 2 is 2.24 bits per heavy atom. The average molecular weight is 402 g/mol. The van der Waals surface area contributed by atoms with Gasteiger partial charge in [0.1, 0.15) is 10.6 Å². The fourth-order valence-electron chi connectivity index (χ4n) is 2.55. The summed E-state index contributed by atoms with van der Waals surface area (Å²) < 4.78 is 33.1. The molecular formula is C15H16ClN3O4S2. The standard InChI is InChI=1S/C15H16ClN3O4S2/c1-23-12-5-4-11(19-6-2-3-14(19)20)7-13(12)25(21,22)18-15-17-10(8-16)9-24-15/h4-5,7,9H,2-3,6,8H2,1H3,(H,17,18). The minimum Gasteiger partial charge on any atom is -0.495 e. The highest BCUT2D eigenvalue weighted by Crippen LogP contribution is 2.32. The van der Waals surface area contributed by atoms with E-state index in [2.05, 4.69) is 9.71 Å². The van der Waals surface area contributed by atoms with Crippen LogP contribution >= 0.6 is 22.9 Å². The molecule has 25 heavy (non-hydrogen) atoms. The summed E-state index contributed by atoms with van der Waals surface area (Å²) in [5, 5.41) is 1.90. The molecule has 1 N–H and O–H groups in total. The van der Waals surface area contributed by atoms with Gasteiger partial charge in [-0.15, -0.1) is 22.9 Å². The third kappa shape index (κ3) is 3.73. The molecule has 1 aromatic heterocycles. The van der Waals surface area contributed by atoms with Crippen LogP contribution in [0.4, 0.5) is 10.8 Å². The van der Waals surface area contributed by atoms with Crippen LogP contribution in [-0.4, -0.2) is 33.0 Å². The Kier molecular flexibility index (Phi) is 5.16. The first kappa shape index (κ1) is 18.0. The molecule has 1 fully saturated rings. The number of benzene rings is 1. The van der Waals surface area contributed by atoms with Crippen LogP contribution in [0, 0.1) is 0 Å². The summed E-state index contributed by atoms with van der Waals surface area (Å²) in [6, 6.07) is 4.66. The van der Waals surface area contributed by atoms with Crippen LogP contribution in [0.15, 0.2) is 28.5 Å². The van der Waals surface area contributed by atoms with E-state index in [1.165, 1.54) is 13.2 Å². The topological polar surface area (TPSA) is 88.6 Å². The summed E-state index contributed by atoms with van der Waals surface area (Å²) in [6.07, 6.45) is 1.22. The van der Waals surface area contributed by atoms with Crippen molar-refractivity contribution in [3.8, 4) is 5.75 Å². The Morgan fingerprint density at radius 3 is 2.84 bits per heavy atom. The van der Waals surface area contributed by atoms with Gasteiger partial charge in [0.25, 0.3) is 10.0 Å². The Bertz CT molecular complexity index is 898. The predicted molar refractivity (Wildman–Crippen MR) is 97.1 cm³/mol. The third-order valence-electron chi connectivity index (χ3n) is 3.73. The number of ether oxygens (including phenoxy) is 1. The number of thiazole rings is 1. The van der Waals surface area contributed by atoms with E-state index < -0.39 is 10.0 Å². The Balaban J connectivity index is 1.96. The summed E-state index contributed by atoms with van der Waals surface area (Å²) in [4.78, 5) is 17.6. The van der Waals surface area contributed by atoms with E-state index in [0.29, 0.717) is 24.3 Å². The highest BCUT2D eigenvalue weighted by molar-refractivity contribution is 7.93. The molecule has 0 unspecified atom stereocenters. The van der Waals surface area contributed by atoms with Gasteiger partial charge in [0.05, 0.1) is 18.7 Å². The summed E-state index contributed by atoms with van der Waals surface area (Å²) >= 11 is 6.84. The van der Waals surface area contributed by atoms with Crippen molar-refractivity contribution in [1.29, 1.82) is 0 Å². The van der Waals surface area contributed by atoms with Crippen LogP contribution in [0.1, 0.15) is 18.5 Å². The maximum Gasteiger partial charge on any atom is 0.267 e. The van der Waals surface area contributed by atoms with E-state index in [1.807, 2.05) is 0 Å². The maximum absolute atomic E-state index is 12.8. The van der Waals surface area contributed by atoms with Gasteiger partial charge in [-0.3, -0.25) is 9.52 Å². The highest BCUT2D eigenvalue weighted by Gasteiger charge is 2.26. The summed E-state index contributed by atoms with van der Waals surface area (Å²) in [5.41, 5.74) is 1.12. The van der Waals surface area contributed by atoms with Crippen molar-refractivity contribution < 1.29 is 17.9 Å². The average Bonchev–Trinajstić information content (AvgIpc) is 3.22. The predicted octanol–water partition coefficient (Wildman–Crippen LogP) is 2.82. The molecule has 2 heterocycles. The van der Waals surface area contributed by atoms with Crippen molar-refractivity contribution >= 4 is 49.7 Å². The molecule has 1 aliphatic rings. The molecule has 0 saturated carbocycles. The number of rotatable bonds is 6. The zero-order valence-corrected chi connectivity index (χ0v) is 15.7. The van der Waals surface area contributed by atoms with Crippen molar-refractivity contribution in [1.82, 2.24) is 4.98 Å². The molecule has 7 nitrogen and oxygen atoms in total. The maximum atomic E-state index is 12.8. The lowest BCUT2D eigenvalue weighted by Crippen LogP contribution is -2.24. The number of nitrogens with zero attached hydrogens (tertiary/aromatic N) is 2. The lowest BCUT2D eigenvalue weighted by Gasteiger charge is -2.18. The lowest BCUT2D eigenvalue weighted by atomic mass is 10.3. The lowest BCUT2D eigenvalue weighted by molar-refractivity contribution is -0.117. The third-order valence-corrected chi connectivity index (χ3v) is 6.30.